The van der Waals surface area contributed by atoms with Crippen LogP contribution in [0.15, 0.2) is 18.7 Å². The van der Waals surface area contributed by atoms with Gasteiger partial charge in [-0.15, -0.1) is 0 Å². The van der Waals surface area contributed by atoms with Gasteiger partial charge in [0, 0.05) is 30.9 Å². The fourth-order valence-electron chi connectivity index (χ4n) is 3.83. The molecule has 1 amide bonds. The predicted molar refractivity (Wildman–Crippen MR) is 88.0 cm³/mol. The Labute approximate surface area is 137 Å². The largest absolute Gasteiger partial charge is 0.375 e. The Morgan fingerprint density at radius 2 is 2.04 bits per heavy atom. The summed E-state index contributed by atoms with van der Waals surface area (Å²) in [5.41, 5.74) is 2.00. The van der Waals surface area contributed by atoms with Crippen LogP contribution >= 0.6 is 0 Å². The maximum absolute atomic E-state index is 11.7. The number of ether oxygens (including phenoxy) is 1. The summed E-state index contributed by atoms with van der Waals surface area (Å²) in [4.78, 5) is 22.6. The fraction of sp³-hybridized carbons (Fsp3) is 0.611. The van der Waals surface area contributed by atoms with Crippen molar-refractivity contribution >= 4 is 5.91 Å². The molecule has 3 rings (SSSR count). The molecule has 3 heterocycles. The first-order valence-electron chi connectivity index (χ1n) is 8.36. The predicted octanol–water partition coefficient (Wildman–Crippen LogP) is 2.22. The van der Waals surface area contributed by atoms with Crippen molar-refractivity contribution in [3.8, 4) is 0 Å². The van der Waals surface area contributed by atoms with Gasteiger partial charge in [0.25, 0.3) is 0 Å². The van der Waals surface area contributed by atoms with Crippen LogP contribution in [0.1, 0.15) is 36.5 Å². The lowest BCUT2D eigenvalue weighted by atomic mass is 9.84. The van der Waals surface area contributed by atoms with E-state index in [2.05, 4.69) is 16.5 Å². The zero-order valence-electron chi connectivity index (χ0n) is 14.0. The summed E-state index contributed by atoms with van der Waals surface area (Å²) in [5.74, 6) is 1.42. The van der Waals surface area contributed by atoms with Crippen LogP contribution in [0.5, 0.6) is 0 Å². The monoisotopic (exact) mass is 315 g/mol. The molecule has 2 saturated heterocycles. The summed E-state index contributed by atoms with van der Waals surface area (Å²) in [6, 6.07) is 2.00. The van der Waals surface area contributed by atoms with Gasteiger partial charge in [-0.25, -0.2) is 9.97 Å². The Morgan fingerprint density at radius 1 is 1.39 bits per heavy atom. The van der Waals surface area contributed by atoms with Gasteiger partial charge in [-0.2, -0.15) is 0 Å². The number of hydrogen-bond donors (Lipinski definition) is 0. The lowest BCUT2D eigenvalue weighted by Gasteiger charge is -2.38. The zero-order chi connectivity index (χ0) is 16.4. The van der Waals surface area contributed by atoms with Crippen LogP contribution in [-0.4, -0.2) is 46.1 Å². The highest BCUT2D eigenvalue weighted by molar-refractivity contribution is 5.87. The Balaban J connectivity index is 1.58. The number of carbonyl (C=O) groups is 1. The molecule has 0 saturated carbocycles. The molecule has 0 radical (unpaired) electrons. The Kier molecular flexibility index (Phi) is 4.48. The molecule has 124 valence electrons. The first-order chi connectivity index (χ1) is 11.0. The van der Waals surface area contributed by atoms with Crippen LogP contribution in [-0.2, 0) is 16.0 Å². The Hall–Kier alpha value is -1.75. The minimum absolute atomic E-state index is 0.0260. The molecular weight excluding hydrogens is 290 g/mol. The minimum Gasteiger partial charge on any atom is -0.375 e. The summed E-state index contributed by atoms with van der Waals surface area (Å²) in [7, 11) is 0. The van der Waals surface area contributed by atoms with Crippen molar-refractivity contribution in [3.05, 3.63) is 35.9 Å². The topological polar surface area (TPSA) is 55.3 Å². The van der Waals surface area contributed by atoms with Gasteiger partial charge in [-0.05, 0) is 51.2 Å². The number of likely N-dealkylation sites (tertiary alicyclic amines) is 1. The molecule has 5 heteroatoms. The van der Waals surface area contributed by atoms with Crippen molar-refractivity contribution < 1.29 is 9.53 Å². The number of amides is 1. The van der Waals surface area contributed by atoms with Crippen LogP contribution in [0.3, 0.4) is 0 Å². The van der Waals surface area contributed by atoms with E-state index in [9.17, 15) is 4.79 Å². The number of piperidine rings is 1. The van der Waals surface area contributed by atoms with Crippen molar-refractivity contribution in [2.45, 2.75) is 45.1 Å². The van der Waals surface area contributed by atoms with Gasteiger partial charge in [0.15, 0.2) is 0 Å². The highest BCUT2D eigenvalue weighted by Crippen LogP contribution is 2.39. The van der Waals surface area contributed by atoms with Crippen molar-refractivity contribution in [2.24, 2.45) is 5.92 Å². The summed E-state index contributed by atoms with van der Waals surface area (Å²) in [6.45, 7) is 9.88. The summed E-state index contributed by atoms with van der Waals surface area (Å²) in [6.07, 6.45) is 5.14. The molecular formula is C18H25N3O2. The molecule has 1 unspecified atom stereocenters. The van der Waals surface area contributed by atoms with Crippen LogP contribution in [0.4, 0.5) is 0 Å². The molecule has 5 nitrogen and oxygen atoms in total. The third-order valence-corrected chi connectivity index (χ3v) is 4.95. The van der Waals surface area contributed by atoms with Crippen molar-refractivity contribution in [1.82, 2.24) is 14.9 Å². The fourth-order valence-corrected chi connectivity index (χ4v) is 3.83. The highest BCUT2D eigenvalue weighted by Gasteiger charge is 2.43. The van der Waals surface area contributed by atoms with Gasteiger partial charge in [0.2, 0.25) is 5.91 Å². The molecule has 1 atom stereocenters. The van der Waals surface area contributed by atoms with E-state index < -0.39 is 0 Å². The van der Waals surface area contributed by atoms with E-state index in [1.165, 1.54) is 6.08 Å². The second-order valence-corrected chi connectivity index (χ2v) is 6.86. The van der Waals surface area contributed by atoms with Crippen LogP contribution in [0.25, 0.3) is 0 Å². The molecule has 1 aromatic heterocycles. The van der Waals surface area contributed by atoms with E-state index in [1.54, 1.807) is 0 Å². The van der Waals surface area contributed by atoms with Crippen LogP contribution < -0.4 is 0 Å². The molecule has 2 fully saturated rings. The number of nitrogens with zero attached hydrogens (tertiary/aromatic N) is 3. The van der Waals surface area contributed by atoms with Crippen molar-refractivity contribution in [2.75, 3.05) is 19.7 Å². The third-order valence-electron chi connectivity index (χ3n) is 4.95. The molecule has 0 aliphatic carbocycles. The lowest BCUT2D eigenvalue weighted by molar-refractivity contribution is -0.130. The highest BCUT2D eigenvalue weighted by atomic mass is 16.5. The first-order valence-corrected chi connectivity index (χ1v) is 8.36. The molecule has 1 spiro atoms. The van der Waals surface area contributed by atoms with E-state index in [4.69, 9.17) is 4.74 Å². The van der Waals surface area contributed by atoms with Crippen LogP contribution in [0.2, 0.25) is 0 Å². The third kappa shape index (κ3) is 3.61. The second-order valence-electron chi connectivity index (χ2n) is 6.86. The Bertz CT molecular complexity index is 586. The normalized spacial score (nSPS) is 23.2. The number of aryl methyl sites for hydroxylation is 2. The average Bonchev–Trinajstić information content (AvgIpc) is 2.88. The number of carbonyl (C=O) groups excluding carboxylic acids is 1. The average molecular weight is 315 g/mol. The summed E-state index contributed by atoms with van der Waals surface area (Å²) < 4.78 is 6.17. The first kappa shape index (κ1) is 16.1. The van der Waals surface area contributed by atoms with Gasteiger partial charge in [0.1, 0.15) is 5.82 Å². The number of hydrogen-bond acceptors (Lipinski definition) is 4. The summed E-state index contributed by atoms with van der Waals surface area (Å²) >= 11 is 0. The van der Waals surface area contributed by atoms with E-state index in [-0.39, 0.29) is 11.5 Å². The Morgan fingerprint density at radius 3 is 2.65 bits per heavy atom. The molecule has 0 aromatic carbocycles. The molecule has 2 aliphatic heterocycles. The van der Waals surface area contributed by atoms with Crippen molar-refractivity contribution in [1.29, 1.82) is 0 Å². The van der Waals surface area contributed by atoms with E-state index in [0.29, 0.717) is 5.92 Å². The smallest absolute Gasteiger partial charge is 0.245 e. The zero-order valence-corrected chi connectivity index (χ0v) is 14.0. The molecule has 0 bridgehead atoms. The second kappa shape index (κ2) is 6.40. The lowest BCUT2D eigenvalue weighted by Crippen LogP contribution is -2.46. The van der Waals surface area contributed by atoms with Gasteiger partial charge in [0.05, 0.1) is 12.2 Å². The maximum atomic E-state index is 11.7. The number of aromatic nitrogens is 2. The SMILES string of the molecule is C=CC(=O)N1CCC2(CC1)CC(Cc1nc(C)cc(C)n1)CO2. The summed E-state index contributed by atoms with van der Waals surface area (Å²) in [5, 5.41) is 0. The standard InChI is InChI=1S/C18H25N3O2/c1-4-17(22)21-7-5-18(6-8-21)11-15(12-23-18)10-16-19-13(2)9-14(3)20-16/h4,9,15H,1,5-8,10-12H2,2-3H3. The minimum atomic E-state index is -0.0541. The molecule has 1 aromatic rings. The molecule has 23 heavy (non-hydrogen) atoms. The van der Waals surface area contributed by atoms with Gasteiger partial charge in [-0.1, -0.05) is 6.58 Å². The van der Waals surface area contributed by atoms with E-state index >= 15 is 0 Å². The maximum Gasteiger partial charge on any atom is 0.245 e. The van der Waals surface area contributed by atoms with Crippen LogP contribution in [0, 0.1) is 19.8 Å². The quantitative estimate of drug-likeness (QED) is 0.803. The van der Waals surface area contributed by atoms with Crippen molar-refractivity contribution in [3.63, 3.8) is 0 Å². The molecule has 2 aliphatic rings. The van der Waals surface area contributed by atoms with Gasteiger partial charge in [-0.3, -0.25) is 4.79 Å². The van der Waals surface area contributed by atoms with E-state index in [0.717, 1.165) is 62.6 Å². The van der Waals surface area contributed by atoms with E-state index in [1.807, 2.05) is 24.8 Å². The van der Waals surface area contributed by atoms with Gasteiger partial charge >= 0.3 is 0 Å². The molecule has 0 N–H and O–H groups in total. The number of rotatable bonds is 3. The van der Waals surface area contributed by atoms with Gasteiger partial charge < -0.3 is 9.64 Å².